The van der Waals surface area contributed by atoms with Crippen LogP contribution in [0.2, 0.25) is 0 Å². The van der Waals surface area contributed by atoms with Crippen molar-refractivity contribution in [3.8, 4) is 33.4 Å². The normalized spacial score (nSPS) is 15.5. The first-order valence-corrected chi connectivity index (χ1v) is 25.3. The van der Waals surface area contributed by atoms with Crippen LogP contribution in [0.3, 0.4) is 0 Å². The minimum absolute atomic E-state index is 0.159. The summed E-state index contributed by atoms with van der Waals surface area (Å²) in [6.07, 6.45) is 0. The quantitative estimate of drug-likeness (QED) is 0.162. The fourth-order valence-electron chi connectivity index (χ4n) is 13.2. The van der Waals surface area contributed by atoms with Gasteiger partial charge in [0.2, 0.25) is 0 Å². The van der Waals surface area contributed by atoms with Crippen molar-refractivity contribution in [3.05, 3.63) is 252 Å². The molecular weight excluding hydrogens is 857 g/mol. The molecule has 11 aromatic carbocycles. The number of nitrogens with zero attached hydrogens (tertiary/aromatic N) is 2. The van der Waals surface area contributed by atoms with E-state index in [1.165, 1.54) is 122 Å². The monoisotopic (exact) mass is 910 g/mol. The highest BCUT2D eigenvalue weighted by Crippen LogP contribution is 2.57. The van der Waals surface area contributed by atoms with Crippen LogP contribution in [0.5, 0.6) is 0 Å². The second-order valence-electron chi connectivity index (χ2n) is 21.7. The minimum Gasteiger partial charge on any atom is -0.310 e. The van der Waals surface area contributed by atoms with E-state index in [1.807, 2.05) is 0 Å². The minimum atomic E-state index is -0.164. The summed E-state index contributed by atoms with van der Waals surface area (Å²) >= 11 is 0. The number of anilines is 6. The maximum atomic E-state index is 2.52. The highest BCUT2D eigenvalue weighted by atomic mass is 15.2. The van der Waals surface area contributed by atoms with Crippen LogP contribution >= 0.6 is 0 Å². The standard InChI is InChI=1S/C69H54N2/c1-67(2)55-22-10-9-21-49(55)50-36-33-46(40-60(50)67)66-52-38-35-47(70-61-27-15-11-23-56(61)68(3,4)57-24-12-16-28-62(57)70)41-53(52)65(45-32-31-43-19-7-8-20-44(43)39-45)51-37-34-48(42-54(51)66)71-63-29-17-13-25-58(63)69(5,6)59-26-14-18-30-64(59)71/h7-42H,1-6H3. The molecule has 0 unspecified atom stereocenters. The van der Waals surface area contributed by atoms with Crippen LogP contribution in [0.4, 0.5) is 34.1 Å². The first kappa shape index (κ1) is 41.7. The second kappa shape index (κ2) is 14.9. The zero-order valence-electron chi connectivity index (χ0n) is 41.2. The van der Waals surface area contributed by atoms with Gasteiger partial charge in [0.25, 0.3) is 0 Å². The van der Waals surface area contributed by atoms with Gasteiger partial charge in [-0.2, -0.15) is 0 Å². The molecule has 0 fully saturated rings. The Morgan fingerprint density at radius 1 is 0.268 bits per heavy atom. The van der Waals surface area contributed by atoms with Crippen LogP contribution in [0.15, 0.2) is 218 Å². The van der Waals surface area contributed by atoms with Gasteiger partial charge in [-0.15, -0.1) is 0 Å². The summed E-state index contributed by atoms with van der Waals surface area (Å²) in [5.74, 6) is 0. The average Bonchev–Trinajstić information content (AvgIpc) is 3.63. The van der Waals surface area contributed by atoms with Crippen molar-refractivity contribution in [3.63, 3.8) is 0 Å². The smallest absolute Gasteiger partial charge is 0.0502 e. The molecule has 2 heteroatoms. The van der Waals surface area contributed by atoms with E-state index in [-0.39, 0.29) is 16.2 Å². The summed E-state index contributed by atoms with van der Waals surface area (Å²) in [5.41, 5.74) is 22.3. The van der Waals surface area contributed by atoms with E-state index in [1.54, 1.807) is 0 Å². The van der Waals surface area contributed by atoms with E-state index in [0.29, 0.717) is 0 Å². The first-order valence-electron chi connectivity index (χ1n) is 25.3. The summed E-state index contributed by atoms with van der Waals surface area (Å²) in [6, 6.07) is 82.7. The van der Waals surface area contributed by atoms with Crippen molar-refractivity contribution >= 4 is 66.4 Å². The molecule has 0 radical (unpaired) electrons. The summed E-state index contributed by atoms with van der Waals surface area (Å²) in [4.78, 5) is 5.02. The van der Waals surface area contributed by atoms with E-state index in [2.05, 4.69) is 270 Å². The van der Waals surface area contributed by atoms with E-state index in [0.717, 1.165) is 11.4 Å². The zero-order chi connectivity index (χ0) is 48.0. The Kier molecular flexibility index (Phi) is 8.76. The zero-order valence-corrected chi connectivity index (χ0v) is 41.2. The molecule has 2 aliphatic heterocycles. The Morgan fingerprint density at radius 2 is 0.648 bits per heavy atom. The average molecular weight is 911 g/mol. The number of rotatable bonds is 4. The molecule has 71 heavy (non-hydrogen) atoms. The first-order chi connectivity index (χ1) is 34.5. The highest BCUT2D eigenvalue weighted by Gasteiger charge is 2.39. The van der Waals surface area contributed by atoms with Gasteiger partial charge >= 0.3 is 0 Å². The lowest BCUT2D eigenvalue weighted by atomic mass is 9.73. The Hall–Kier alpha value is -8.20. The van der Waals surface area contributed by atoms with Crippen molar-refractivity contribution < 1.29 is 0 Å². The van der Waals surface area contributed by atoms with Gasteiger partial charge in [0, 0.05) is 27.6 Å². The molecule has 0 N–H and O–H groups in total. The lowest BCUT2D eigenvalue weighted by Crippen LogP contribution is -2.30. The molecule has 0 atom stereocenters. The maximum Gasteiger partial charge on any atom is 0.0502 e. The summed E-state index contributed by atoms with van der Waals surface area (Å²) < 4.78 is 0. The van der Waals surface area contributed by atoms with E-state index in [9.17, 15) is 0 Å². The van der Waals surface area contributed by atoms with E-state index >= 15 is 0 Å². The van der Waals surface area contributed by atoms with Crippen LogP contribution in [-0.2, 0) is 16.2 Å². The van der Waals surface area contributed by atoms with Gasteiger partial charge in [0.1, 0.15) is 0 Å². The number of hydrogen-bond donors (Lipinski definition) is 0. The van der Waals surface area contributed by atoms with Gasteiger partial charge in [-0.1, -0.05) is 199 Å². The predicted octanol–water partition coefficient (Wildman–Crippen LogP) is 19.0. The van der Waals surface area contributed by atoms with Gasteiger partial charge in [-0.05, 0) is 160 Å². The Balaban J connectivity index is 1.10. The van der Waals surface area contributed by atoms with Crippen LogP contribution < -0.4 is 9.80 Å². The van der Waals surface area contributed by atoms with Gasteiger partial charge in [-0.25, -0.2) is 0 Å². The second-order valence-corrected chi connectivity index (χ2v) is 21.7. The number of benzene rings is 11. The molecule has 0 bridgehead atoms. The van der Waals surface area contributed by atoms with Crippen molar-refractivity contribution in [2.24, 2.45) is 0 Å². The lowest BCUT2D eigenvalue weighted by Gasteiger charge is -2.42. The lowest BCUT2D eigenvalue weighted by molar-refractivity contribution is 0.632. The molecular formula is C69H54N2. The summed E-state index contributed by atoms with van der Waals surface area (Å²) in [5, 5.41) is 7.38. The fraction of sp³-hybridized carbons (Fsp3) is 0.130. The maximum absolute atomic E-state index is 2.52. The topological polar surface area (TPSA) is 6.48 Å². The Bertz CT molecular complexity index is 3950. The number of para-hydroxylation sites is 4. The molecule has 0 amide bonds. The summed E-state index contributed by atoms with van der Waals surface area (Å²) in [7, 11) is 0. The third-order valence-corrected chi connectivity index (χ3v) is 16.8. The van der Waals surface area contributed by atoms with Crippen LogP contribution in [0.25, 0.3) is 65.7 Å². The van der Waals surface area contributed by atoms with Gasteiger partial charge in [0.15, 0.2) is 0 Å². The van der Waals surface area contributed by atoms with E-state index < -0.39 is 0 Å². The van der Waals surface area contributed by atoms with Crippen LogP contribution in [0.1, 0.15) is 74.9 Å². The molecule has 11 aromatic rings. The van der Waals surface area contributed by atoms with Crippen molar-refractivity contribution in [2.75, 3.05) is 9.80 Å². The number of fused-ring (bicyclic) bond motifs is 10. The fourth-order valence-corrected chi connectivity index (χ4v) is 13.2. The van der Waals surface area contributed by atoms with Crippen molar-refractivity contribution in [1.29, 1.82) is 0 Å². The predicted molar refractivity (Wildman–Crippen MR) is 301 cm³/mol. The number of hydrogen-bond acceptors (Lipinski definition) is 2. The molecule has 3 aliphatic rings. The van der Waals surface area contributed by atoms with Crippen LogP contribution in [-0.4, -0.2) is 0 Å². The van der Waals surface area contributed by atoms with Gasteiger partial charge in [0.05, 0.1) is 22.7 Å². The van der Waals surface area contributed by atoms with Crippen molar-refractivity contribution in [2.45, 2.75) is 57.8 Å². The SMILES string of the molecule is CC1(C)c2ccccc2-c2ccc(-c3c4ccc(N5c6ccccc6C(C)(C)c6ccccc65)cc4c(-c4ccc5ccccc5c4)c4ccc(N5c6ccccc6C(C)(C)c6ccccc65)cc34)cc21. The molecule has 14 rings (SSSR count). The molecule has 340 valence electrons. The summed E-state index contributed by atoms with van der Waals surface area (Å²) in [6.45, 7) is 14.3. The molecule has 0 saturated heterocycles. The van der Waals surface area contributed by atoms with Crippen molar-refractivity contribution in [1.82, 2.24) is 0 Å². The van der Waals surface area contributed by atoms with Gasteiger partial charge < -0.3 is 9.80 Å². The van der Waals surface area contributed by atoms with E-state index in [4.69, 9.17) is 0 Å². The molecule has 2 heterocycles. The third-order valence-electron chi connectivity index (χ3n) is 16.8. The largest absolute Gasteiger partial charge is 0.310 e. The Morgan fingerprint density at radius 3 is 1.15 bits per heavy atom. The highest BCUT2D eigenvalue weighted by molar-refractivity contribution is 6.23. The Labute approximate surface area is 417 Å². The van der Waals surface area contributed by atoms with Gasteiger partial charge in [-0.3, -0.25) is 0 Å². The van der Waals surface area contributed by atoms with Crippen LogP contribution in [0, 0.1) is 0 Å². The molecule has 0 saturated carbocycles. The molecule has 0 aromatic heterocycles. The third kappa shape index (κ3) is 5.88. The molecule has 0 spiro atoms. The molecule has 1 aliphatic carbocycles. The molecule has 2 nitrogen and oxygen atoms in total.